The number of amidine groups is 2. The molecule has 1 aromatic carbocycles. The number of aliphatic imine (C=N–C) groups is 2. The van der Waals surface area contributed by atoms with Crippen molar-refractivity contribution in [2.45, 2.75) is 69.5 Å². The van der Waals surface area contributed by atoms with Crippen LogP contribution in [0.4, 0.5) is 26.3 Å². The minimum absolute atomic E-state index is 0.0593. The minimum Gasteiger partial charge on any atom is -0.311 e. The van der Waals surface area contributed by atoms with Crippen molar-refractivity contribution in [3.05, 3.63) is 35.9 Å². The van der Waals surface area contributed by atoms with Crippen molar-refractivity contribution in [1.29, 1.82) is 0 Å². The van der Waals surface area contributed by atoms with Gasteiger partial charge in [-0.2, -0.15) is 26.3 Å². The van der Waals surface area contributed by atoms with Crippen molar-refractivity contribution in [3.63, 3.8) is 0 Å². The van der Waals surface area contributed by atoms with Crippen LogP contribution in [0.25, 0.3) is 0 Å². The van der Waals surface area contributed by atoms with E-state index in [1.807, 2.05) is 0 Å². The maximum absolute atomic E-state index is 13.7. The Balaban J connectivity index is 2.24. The maximum atomic E-state index is 13.7. The van der Waals surface area contributed by atoms with Crippen molar-refractivity contribution in [3.8, 4) is 0 Å². The van der Waals surface area contributed by atoms with Crippen LogP contribution in [0.1, 0.15) is 51.0 Å². The van der Waals surface area contributed by atoms with E-state index < -0.39 is 18.0 Å². The molecule has 0 spiro atoms. The van der Waals surface area contributed by atoms with E-state index in [1.165, 1.54) is 24.0 Å². The van der Waals surface area contributed by atoms with Gasteiger partial charge in [0.25, 0.3) is 0 Å². The molecule has 9 heteroatoms. The standard InChI is InChI=1S/C19H21F6N3/c1-2-15-26-17(18(20,21)22,19(23,24)25)27-16(13-9-5-3-6-10-13)28(15)14-11-7-4-8-12-14/h3,5-6,9-10,14H,2,4,7-8,11-12H2,1H3. The highest BCUT2D eigenvalue weighted by Gasteiger charge is 2.73. The highest BCUT2D eigenvalue weighted by atomic mass is 19.4. The predicted molar refractivity (Wildman–Crippen MR) is 94.3 cm³/mol. The summed E-state index contributed by atoms with van der Waals surface area (Å²) in [6, 6.07) is 7.52. The van der Waals surface area contributed by atoms with Gasteiger partial charge in [0, 0.05) is 18.0 Å². The predicted octanol–water partition coefficient (Wildman–Crippen LogP) is 5.71. The second-order valence-corrected chi connectivity index (χ2v) is 7.01. The fourth-order valence-electron chi connectivity index (χ4n) is 3.77. The van der Waals surface area contributed by atoms with Crippen LogP contribution in [0, 0.1) is 0 Å². The first-order chi connectivity index (χ1) is 13.1. The zero-order chi connectivity index (χ0) is 20.6. The first-order valence-corrected chi connectivity index (χ1v) is 9.27. The molecule has 0 bridgehead atoms. The van der Waals surface area contributed by atoms with Gasteiger partial charge in [-0.15, -0.1) is 0 Å². The number of benzene rings is 1. The zero-order valence-corrected chi connectivity index (χ0v) is 15.3. The highest BCUT2D eigenvalue weighted by molar-refractivity contribution is 6.11. The lowest BCUT2D eigenvalue weighted by molar-refractivity contribution is -0.293. The molecule has 1 heterocycles. The van der Waals surface area contributed by atoms with Gasteiger partial charge in [0.05, 0.1) is 0 Å². The second-order valence-electron chi connectivity index (χ2n) is 7.01. The summed E-state index contributed by atoms with van der Waals surface area (Å²) in [5.41, 5.74) is -4.27. The highest BCUT2D eigenvalue weighted by Crippen LogP contribution is 2.49. The summed E-state index contributed by atoms with van der Waals surface area (Å²) in [6.07, 6.45) is -7.39. The first-order valence-electron chi connectivity index (χ1n) is 9.27. The number of rotatable bonds is 3. The van der Waals surface area contributed by atoms with Gasteiger partial charge in [0.2, 0.25) is 0 Å². The third kappa shape index (κ3) is 3.51. The van der Waals surface area contributed by atoms with Gasteiger partial charge >= 0.3 is 18.0 Å². The van der Waals surface area contributed by atoms with E-state index in [2.05, 4.69) is 9.98 Å². The average molecular weight is 405 g/mol. The molecule has 0 unspecified atom stereocenters. The average Bonchev–Trinajstić information content (AvgIpc) is 2.66. The number of hydrogen-bond donors (Lipinski definition) is 0. The summed E-state index contributed by atoms with van der Waals surface area (Å²) >= 11 is 0. The van der Waals surface area contributed by atoms with Crippen molar-refractivity contribution in [1.82, 2.24) is 4.90 Å². The van der Waals surface area contributed by atoms with Gasteiger partial charge in [0.1, 0.15) is 11.7 Å². The van der Waals surface area contributed by atoms with Crippen molar-refractivity contribution in [2.24, 2.45) is 9.98 Å². The molecule has 3 rings (SSSR count). The molecule has 1 aliphatic heterocycles. The molecule has 0 saturated heterocycles. The molecular formula is C19H21F6N3. The molecule has 1 saturated carbocycles. The van der Waals surface area contributed by atoms with E-state index in [0.717, 1.165) is 19.3 Å². The zero-order valence-electron chi connectivity index (χ0n) is 15.3. The van der Waals surface area contributed by atoms with Gasteiger partial charge in [-0.1, -0.05) is 56.5 Å². The van der Waals surface area contributed by atoms with Crippen molar-refractivity contribution >= 4 is 11.7 Å². The van der Waals surface area contributed by atoms with E-state index in [9.17, 15) is 26.3 Å². The van der Waals surface area contributed by atoms with Gasteiger partial charge < -0.3 is 4.90 Å². The van der Waals surface area contributed by atoms with E-state index in [4.69, 9.17) is 0 Å². The summed E-state index contributed by atoms with van der Waals surface area (Å²) in [6.45, 7) is 1.51. The Morgan fingerprint density at radius 2 is 1.50 bits per heavy atom. The van der Waals surface area contributed by atoms with Crippen LogP contribution in [-0.4, -0.2) is 40.6 Å². The first kappa shape index (κ1) is 20.7. The molecular weight excluding hydrogens is 384 g/mol. The largest absolute Gasteiger partial charge is 0.443 e. The van der Waals surface area contributed by atoms with E-state index >= 15 is 0 Å². The topological polar surface area (TPSA) is 28.0 Å². The molecule has 28 heavy (non-hydrogen) atoms. The van der Waals surface area contributed by atoms with Crippen molar-refractivity contribution in [2.75, 3.05) is 0 Å². The van der Waals surface area contributed by atoms with E-state index in [0.29, 0.717) is 12.8 Å². The Hall–Kier alpha value is -2.06. The molecule has 0 N–H and O–H groups in total. The molecule has 3 nitrogen and oxygen atoms in total. The maximum Gasteiger partial charge on any atom is 0.443 e. The normalized spacial score (nSPS) is 21.3. The summed E-state index contributed by atoms with van der Waals surface area (Å²) < 4.78 is 82.2. The Morgan fingerprint density at radius 1 is 0.929 bits per heavy atom. The van der Waals surface area contributed by atoms with Gasteiger partial charge in [-0.25, -0.2) is 9.98 Å². The molecule has 2 aliphatic rings. The Morgan fingerprint density at radius 3 is 2.00 bits per heavy atom. The summed E-state index contributed by atoms with van der Waals surface area (Å²) in [5.74, 6) is -0.538. The number of halogens is 6. The number of hydrogen-bond acceptors (Lipinski definition) is 3. The SMILES string of the molecule is CCC1=NC(C(F)(F)F)(C(F)(F)F)N=C(c2ccccc2)N1C1CCCCC1. The summed E-state index contributed by atoms with van der Waals surface area (Å²) in [4.78, 5) is 8.00. The van der Waals surface area contributed by atoms with Crippen LogP contribution in [0.15, 0.2) is 40.3 Å². The molecule has 0 atom stereocenters. The fourth-order valence-corrected chi connectivity index (χ4v) is 3.77. The molecule has 0 aromatic heterocycles. The number of alkyl halides is 6. The van der Waals surface area contributed by atoms with E-state index in [-0.39, 0.29) is 29.7 Å². The molecule has 1 fully saturated rings. The van der Waals surface area contributed by atoms with Gasteiger partial charge in [0.15, 0.2) is 0 Å². The van der Waals surface area contributed by atoms with Crippen LogP contribution < -0.4 is 0 Å². The van der Waals surface area contributed by atoms with Crippen LogP contribution in [0.2, 0.25) is 0 Å². The fraction of sp³-hybridized carbons (Fsp3) is 0.579. The molecule has 0 radical (unpaired) electrons. The minimum atomic E-state index is -5.70. The number of nitrogens with zero attached hydrogens (tertiary/aromatic N) is 3. The van der Waals surface area contributed by atoms with E-state index in [1.54, 1.807) is 18.2 Å². The quantitative estimate of drug-likeness (QED) is 0.592. The lowest BCUT2D eigenvalue weighted by atomic mass is 9.92. The molecule has 1 aromatic rings. The Kier molecular flexibility index (Phi) is 5.46. The summed E-state index contributed by atoms with van der Waals surface area (Å²) in [5, 5.41) is 0. The lowest BCUT2D eigenvalue weighted by Gasteiger charge is -2.43. The third-order valence-corrected chi connectivity index (χ3v) is 5.14. The van der Waals surface area contributed by atoms with Crippen LogP contribution in [0.3, 0.4) is 0 Å². The lowest BCUT2D eigenvalue weighted by Crippen LogP contribution is -2.60. The van der Waals surface area contributed by atoms with Crippen LogP contribution in [-0.2, 0) is 0 Å². The molecule has 0 amide bonds. The van der Waals surface area contributed by atoms with Crippen molar-refractivity contribution < 1.29 is 26.3 Å². The monoisotopic (exact) mass is 405 g/mol. The summed E-state index contributed by atoms with van der Waals surface area (Å²) in [7, 11) is 0. The third-order valence-electron chi connectivity index (χ3n) is 5.14. The smallest absolute Gasteiger partial charge is 0.311 e. The molecule has 154 valence electrons. The molecule has 1 aliphatic carbocycles. The Labute approximate surface area is 159 Å². The van der Waals surface area contributed by atoms with Crippen LogP contribution in [0.5, 0.6) is 0 Å². The van der Waals surface area contributed by atoms with Gasteiger partial charge in [-0.3, -0.25) is 0 Å². The van der Waals surface area contributed by atoms with Gasteiger partial charge in [-0.05, 0) is 12.8 Å². The Bertz CT molecular complexity index is 731. The van der Waals surface area contributed by atoms with Crippen LogP contribution >= 0.6 is 0 Å². The second kappa shape index (κ2) is 7.40.